The van der Waals surface area contributed by atoms with Crippen LogP contribution in [-0.2, 0) is 22.3 Å². The van der Waals surface area contributed by atoms with E-state index in [0.29, 0.717) is 56.0 Å². The van der Waals surface area contributed by atoms with Crippen LogP contribution in [0.25, 0.3) is 11.3 Å². The molecule has 5 rings (SSSR count). The number of halogens is 5. The lowest BCUT2D eigenvalue weighted by atomic mass is 10.1. The SMILES string of the molecule is CCOC(=O)CCN1CCN(c2ccnc(Nc3nc(-c4cc(F)cc(C(F)(F)F)c4)c(CN4CCC[C@H]4C)s3)c2F)C[C@@H]1C. The summed E-state index contributed by atoms with van der Waals surface area (Å²) in [7, 11) is 0. The number of aromatic nitrogens is 2. The van der Waals surface area contributed by atoms with Crippen LogP contribution in [0.1, 0.15) is 50.5 Å². The molecular weight excluding hydrogens is 615 g/mol. The molecule has 2 aliphatic rings. The molecule has 2 saturated heterocycles. The summed E-state index contributed by atoms with van der Waals surface area (Å²) >= 11 is 1.19. The second-order valence-corrected chi connectivity index (χ2v) is 12.6. The summed E-state index contributed by atoms with van der Waals surface area (Å²) in [5.41, 5.74) is -0.523. The van der Waals surface area contributed by atoms with Crippen LogP contribution < -0.4 is 10.2 Å². The fourth-order valence-electron chi connectivity index (χ4n) is 5.92. The van der Waals surface area contributed by atoms with Gasteiger partial charge in [0.1, 0.15) is 5.82 Å². The average Bonchev–Trinajstić information content (AvgIpc) is 3.58. The number of piperazine rings is 1. The number of hydrogen-bond acceptors (Lipinski definition) is 9. The van der Waals surface area contributed by atoms with E-state index in [1.54, 1.807) is 13.0 Å². The number of nitrogens with one attached hydrogen (secondary N) is 1. The van der Waals surface area contributed by atoms with Crippen molar-refractivity contribution in [2.24, 2.45) is 0 Å². The minimum Gasteiger partial charge on any atom is -0.466 e. The molecule has 2 aliphatic heterocycles. The molecule has 2 atom stereocenters. The largest absolute Gasteiger partial charge is 0.466 e. The molecule has 1 aromatic carbocycles. The van der Waals surface area contributed by atoms with Gasteiger partial charge in [-0.1, -0.05) is 11.3 Å². The number of hydrogen-bond donors (Lipinski definition) is 1. The molecule has 0 amide bonds. The zero-order valence-electron chi connectivity index (χ0n) is 25.5. The number of pyridine rings is 1. The van der Waals surface area contributed by atoms with E-state index in [0.717, 1.165) is 31.5 Å². The number of likely N-dealkylation sites (tertiary alicyclic amines) is 1. The summed E-state index contributed by atoms with van der Waals surface area (Å²) < 4.78 is 75.9. The maximum atomic E-state index is 15.9. The van der Waals surface area contributed by atoms with E-state index in [9.17, 15) is 22.4 Å². The van der Waals surface area contributed by atoms with Gasteiger partial charge in [0.25, 0.3) is 0 Å². The van der Waals surface area contributed by atoms with Crippen LogP contribution in [0.5, 0.6) is 0 Å². The molecule has 0 bridgehead atoms. The van der Waals surface area contributed by atoms with Gasteiger partial charge in [-0.3, -0.25) is 14.6 Å². The van der Waals surface area contributed by atoms with Crippen molar-refractivity contribution in [2.45, 2.75) is 64.8 Å². The molecule has 2 aromatic heterocycles. The number of anilines is 3. The molecule has 0 spiro atoms. The Bertz CT molecular complexity index is 1500. The minimum absolute atomic E-state index is 0.00507. The van der Waals surface area contributed by atoms with E-state index >= 15 is 4.39 Å². The Morgan fingerprint density at radius 3 is 2.60 bits per heavy atom. The number of nitrogens with zero attached hydrogens (tertiary/aromatic N) is 5. The number of ether oxygens (including phenoxy) is 1. The third-order valence-electron chi connectivity index (χ3n) is 8.34. The first kappa shape index (κ1) is 33.0. The van der Waals surface area contributed by atoms with Crippen molar-refractivity contribution in [3.8, 4) is 11.3 Å². The summed E-state index contributed by atoms with van der Waals surface area (Å²) in [5.74, 6) is -1.91. The van der Waals surface area contributed by atoms with E-state index in [-0.39, 0.29) is 46.7 Å². The number of alkyl halides is 3. The Morgan fingerprint density at radius 2 is 1.91 bits per heavy atom. The number of carbonyl (C=O) groups is 1. The van der Waals surface area contributed by atoms with Crippen molar-refractivity contribution < 1.29 is 31.5 Å². The van der Waals surface area contributed by atoms with E-state index in [1.165, 1.54) is 17.5 Å². The van der Waals surface area contributed by atoms with Crippen LogP contribution in [0.3, 0.4) is 0 Å². The van der Waals surface area contributed by atoms with Gasteiger partial charge in [-0.2, -0.15) is 13.2 Å². The zero-order chi connectivity index (χ0) is 32.3. The van der Waals surface area contributed by atoms with Gasteiger partial charge >= 0.3 is 12.1 Å². The number of carbonyl (C=O) groups excluding carboxylic acids is 1. The number of rotatable bonds is 10. The molecule has 0 aliphatic carbocycles. The van der Waals surface area contributed by atoms with Crippen LogP contribution in [0.2, 0.25) is 0 Å². The summed E-state index contributed by atoms with van der Waals surface area (Å²) in [6.07, 6.45) is -0.953. The molecule has 0 saturated carbocycles. The molecule has 1 N–H and O–H groups in total. The predicted octanol–water partition coefficient (Wildman–Crippen LogP) is 6.69. The van der Waals surface area contributed by atoms with Gasteiger partial charge in [0, 0.05) is 61.4 Å². The molecule has 4 heterocycles. The fraction of sp³-hybridized carbons (Fsp3) is 0.516. The van der Waals surface area contributed by atoms with Crippen LogP contribution >= 0.6 is 11.3 Å². The first-order valence-electron chi connectivity index (χ1n) is 15.1. The molecular formula is C31H37F5N6O2S. The lowest BCUT2D eigenvalue weighted by Gasteiger charge is -2.41. The summed E-state index contributed by atoms with van der Waals surface area (Å²) in [6.45, 7) is 9.71. The number of thiazole rings is 1. The molecule has 8 nitrogen and oxygen atoms in total. The van der Waals surface area contributed by atoms with Crippen molar-refractivity contribution in [3.05, 3.63) is 52.5 Å². The van der Waals surface area contributed by atoms with E-state index in [1.807, 2.05) is 11.8 Å². The zero-order valence-corrected chi connectivity index (χ0v) is 26.3. The standard InChI is InChI=1S/C31H37F5N6O2S/c1-4-44-26(43)8-11-40-12-13-42(17-20(40)3)24-7-9-37-29(27(24)33)39-30-38-28(25(45-30)18-41-10-5-6-19(41)2)21-14-22(31(34,35)36)16-23(32)15-21/h7,9,14-16,19-20H,4-6,8,10-13,17-18H2,1-3H3,(H,37,38,39)/t19-,20+/m1/s1. The van der Waals surface area contributed by atoms with Crippen molar-refractivity contribution in [3.63, 3.8) is 0 Å². The van der Waals surface area contributed by atoms with Crippen LogP contribution in [0.15, 0.2) is 30.5 Å². The highest BCUT2D eigenvalue weighted by Gasteiger charge is 2.33. The molecule has 3 aromatic rings. The van der Waals surface area contributed by atoms with Crippen molar-refractivity contribution in [2.75, 3.05) is 49.5 Å². The topological polar surface area (TPSA) is 73.8 Å². The number of benzene rings is 1. The Balaban J connectivity index is 1.38. The van der Waals surface area contributed by atoms with Gasteiger partial charge in [-0.15, -0.1) is 0 Å². The second kappa shape index (κ2) is 14.0. The van der Waals surface area contributed by atoms with Crippen LogP contribution in [0, 0.1) is 11.6 Å². The summed E-state index contributed by atoms with van der Waals surface area (Å²) in [4.78, 5) is 27.5. The molecule has 0 unspecified atom stereocenters. The monoisotopic (exact) mass is 652 g/mol. The van der Waals surface area contributed by atoms with Gasteiger partial charge in [-0.05, 0) is 64.4 Å². The molecule has 2 fully saturated rings. The Hall–Kier alpha value is -3.36. The van der Waals surface area contributed by atoms with Crippen molar-refractivity contribution in [1.29, 1.82) is 0 Å². The highest BCUT2D eigenvalue weighted by atomic mass is 32.1. The molecule has 0 radical (unpaired) electrons. The van der Waals surface area contributed by atoms with Crippen molar-refractivity contribution in [1.82, 2.24) is 19.8 Å². The predicted molar refractivity (Wildman–Crippen MR) is 164 cm³/mol. The third-order valence-corrected chi connectivity index (χ3v) is 9.30. The van der Waals surface area contributed by atoms with E-state index in [4.69, 9.17) is 4.74 Å². The maximum Gasteiger partial charge on any atom is 0.416 e. The van der Waals surface area contributed by atoms with Crippen molar-refractivity contribution >= 4 is 33.9 Å². The quantitative estimate of drug-likeness (QED) is 0.192. The van der Waals surface area contributed by atoms with Gasteiger partial charge in [-0.25, -0.2) is 18.7 Å². The molecule has 45 heavy (non-hydrogen) atoms. The molecule has 14 heteroatoms. The smallest absolute Gasteiger partial charge is 0.416 e. The highest BCUT2D eigenvalue weighted by Crippen LogP contribution is 2.39. The Labute approximate surface area is 263 Å². The lowest BCUT2D eigenvalue weighted by molar-refractivity contribution is -0.143. The second-order valence-electron chi connectivity index (χ2n) is 11.5. The van der Waals surface area contributed by atoms with Gasteiger partial charge in [0.05, 0.1) is 30.0 Å². The normalized spacial score (nSPS) is 19.7. The third kappa shape index (κ3) is 7.90. The highest BCUT2D eigenvalue weighted by molar-refractivity contribution is 7.16. The summed E-state index contributed by atoms with van der Waals surface area (Å²) in [5, 5.41) is 3.18. The van der Waals surface area contributed by atoms with Gasteiger partial charge < -0.3 is 15.0 Å². The lowest BCUT2D eigenvalue weighted by Crippen LogP contribution is -2.52. The van der Waals surface area contributed by atoms with Crippen LogP contribution in [-0.4, -0.2) is 77.2 Å². The van der Waals surface area contributed by atoms with Gasteiger partial charge in [0.15, 0.2) is 16.8 Å². The molecule has 244 valence electrons. The average molecular weight is 653 g/mol. The maximum absolute atomic E-state index is 15.9. The Morgan fingerprint density at radius 1 is 1.11 bits per heavy atom. The van der Waals surface area contributed by atoms with E-state index < -0.39 is 23.4 Å². The first-order chi connectivity index (χ1) is 21.4. The Kier molecular flexibility index (Phi) is 10.2. The van der Waals surface area contributed by atoms with Gasteiger partial charge in [0.2, 0.25) is 0 Å². The fourth-order valence-corrected chi connectivity index (χ4v) is 6.93. The minimum atomic E-state index is -4.73. The number of esters is 1. The van der Waals surface area contributed by atoms with Crippen LogP contribution in [0.4, 0.5) is 38.6 Å². The summed E-state index contributed by atoms with van der Waals surface area (Å²) in [6, 6.07) is 4.33. The first-order valence-corrected chi connectivity index (χ1v) is 15.9. The van der Waals surface area contributed by atoms with E-state index in [2.05, 4.69) is 32.0 Å².